The Bertz CT molecular complexity index is 181. The van der Waals surface area contributed by atoms with Crippen LogP contribution in [0, 0.1) is 0 Å². The number of rotatable bonds is 1. The Kier molecular flexibility index (Phi) is 2.07. The third kappa shape index (κ3) is 1.69. The lowest BCUT2D eigenvalue weighted by Gasteiger charge is -1.97. The van der Waals surface area contributed by atoms with Gasteiger partial charge in [-0.05, 0) is 17.4 Å². The molecule has 0 heterocycles. The fraction of sp³-hybridized carbons (Fsp3) is 0.143. The fourth-order valence-electron chi connectivity index (χ4n) is 0.650. The normalized spacial score (nSPS) is 9.11. The van der Waals surface area contributed by atoms with Gasteiger partial charge < -0.3 is 5.32 Å². The van der Waals surface area contributed by atoms with Crippen LogP contribution in [0.2, 0.25) is 0 Å². The Hall–Kier alpha value is -0.550. The molecule has 0 bridgehead atoms. The maximum absolute atomic E-state index is 3.04. The van der Waals surface area contributed by atoms with Gasteiger partial charge in [-0.2, -0.15) is 0 Å². The minimum atomic E-state index is 1.15. The highest BCUT2D eigenvalue weighted by atomic mass is 31.0. The second-order valence-corrected chi connectivity index (χ2v) is 2.54. The van der Waals surface area contributed by atoms with Crippen molar-refractivity contribution >= 4 is 20.2 Å². The van der Waals surface area contributed by atoms with E-state index < -0.39 is 0 Å². The molecule has 1 nitrogen and oxygen atoms in total. The first-order valence-corrected chi connectivity index (χ1v) is 3.44. The van der Waals surface area contributed by atoms with Crippen LogP contribution >= 0.6 is 9.24 Å². The zero-order valence-electron chi connectivity index (χ0n) is 5.39. The van der Waals surface area contributed by atoms with Crippen LogP contribution in [-0.4, -0.2) is 7.05 Å². The van der Waals surface area contributed by atoms with Gasteiger partial charge in [0, 0.05) is 12.7 Å². The highest BCUT2D eigenvalue weighted by molar-refractivity contribution is 7.27. The lowest BCUT2D eigenvalue weighted by atomic mass is 10.3. The SMILES string of the molecule is CNc1ccc(P)cc1. The van der Waals surface area contributed by atoms with Crippen LogP contribution in [0.15, 0.2) is 24.3 Å². The van der Waals surface area contributed by atoms with Gasteiger partial charge in [0.05, 0.1) is 0 Å². The van der Waals surface area contributed by atoms with Gasteiger partial charge in [0.15, 0.2) is 0 Å². The molecule has 0 spiro atoms. The molecule has 1 aromatic rings. The smallest absolute Gasteiger partial charge is 0.0337 e. The number of benzene rings is 1. The average molecular weight is 139 g/mol. The second-order valence-electron chi connectivity index (χ2n) is 1.87. The molecule has 9 heavy (non-hydrogen) atoms. The molecule has 1 rings (SSSR count). The molecular weight excluding hydrogens is 129 g/mol. The number of nitrogens with one attached hydrogen (secondary N) is 1. The molecule has 1 unspecified atom stereocenters. The quantitative estimate of drug-likeness (QED) is 0.577. The maximum Gasteiger partial charge on any atom is 0.0337 e. The summed E-state index contributed by atoms with van der Waals surface area (Å²) in [5.41, 5.74) is 1.15. The van der Waals surface area contributed by atoms with Crippen LogP contribution in [-0.2, 0) is 0 Å². The van der Waals surface area contributed by atoms with Crippen molar-refractivity contribution < 1.29 is 0 Å². The first-order chi connectivity index (χ1) is 4.33. The molecule has 0 amide bonds. The van der Waals surface area contributed by atoms with Crippen molar-refractivity contribution in [1.29, 1.82) is 0 Å². The molecule has 0 aliphatic rings. The predicted octanol–water partition coefficient (Wildman–Crippen LogP) is 1.23. The summed E-state index contributed by atoms with van der Waals surface area (Å²) in [5, 5.41) is 4.26. The van der Waals surface area contributed by atoms with Crippen molar-refractivity contribution in [1.82, 2.24) is 0 Å². The van der Waals surface area contributed by atoms with E-state index in [0.717, 1.165) is 5.69 Å². The van der Waals surface area contributed by atoms with E-state index >= 15 is 0 Å². The van der Waals surface area contributed by atoms with Crippen molar-refractivity contribution in [2.75, 3.05) is 12.4 Å². The summed E-state index contributed by atoms with van der Waals surface area (Å²) < 4.78 is 0. The molecule has 0 aromatic heterocycles. The van der Waals surface area contributed by atoms with E-state index in [0.29, 0.717) is 0 Å². The third-order valence-electron chi connectivity index (χ3n) is 1.20. The first-order valence-electron chi connectivity index (χ1n) is 2.86. The van der Waals surface area contributed by atoms with Gasteiger partial charge in [-0.25, -0.2) is 0 Å². The number of hydrogen-bond donors (Lipinski definition) is 1. The maximum atomic E-state index is 3.04. The van der Waals surface area contributed by atoms with E-state index in [1.807, 2.05) is 19.2 Å². The summed E-state index contributed by atoms with van der Waals surface area (Å²) in [5.74, 6) is 0. The van der Waals surface area contributed by atoms with E-state index in [1.54, 1.807) is 0 Å². The summed E-state index contributed by atoms with van der Waals surface area (Å²) in [6, 6.07) is 8.19. The predicted molar refractivity (Wildman–Crippen MR) is 45.3 cm³/mol. The molecule has 1 N–H and O–H groups in total. The summed E-state index contributed by atoms with van der Waals surface area (Å²) in [7, 11) is 4.56. The number of hydrogen-bond acceptors (Lipinski definition) is 1. The van der Waals surface area contributed by atoms with Crippen LogP contribution in [0.4, 0.5) is 5.69 Å². The van der Waals surface area contributed by atoms with E-state index in [1.165, 1.54) is 5.30 Å². The third-order valence-corrected chi connectivity index (χ3v) is 1.58. The molecule has 0 aliphatic carbocycles. The van der Waals surface area contributed by atoms with Crippen LogP contribution < -0.4 is 10.6 Å². The molecule has 0 saturated heterocycles. The Balaban J connectivity index is 2.88. The molecule has 0 radical (unpaired) electrons. The minimum absolute atomic E-state index is 1.15. The van der Waals surface area contributed by atoms with Crippen molar-refractivity contribution in [3.63, 3.8) is 0 Å². The molecule has 1 aromatic carbocycles. The first kappa shape index (κ1) is 6.57. The van der Waals surface area contributed by atoms with Gasteiger partial charge >= 0.3 is 0 Å². The molecule has 0 saturated carbocycles. The molecular formula is C7H10NP. The van der Waals surface area contributed by atoms with E-state index in [-0.39, 0.29) is 0 Å². The van der Waals surface area contributed by atoms with Crippen LogP contribution in [0.5, 0.6) is 0 Å². The van der Waals surface area contributed by atoms with Crippen LogP contribution in [0.25, 0.3) is 0 Å². The van der Waals surface area contributed by atoms with Gasteiger partial charge in [0.1, 0.15) is 0 Å². The van der Waals surface area contributed by atoms with Gasteiger partial charge in [-0.15, -0.1) is 9.24 Å². The summed E-state index contributed by atoms with van der Waals surface area (Å²) in [4.78, 5) is 0. The van der Waals surface area contributed by atoms with Gasteiger partial charge in [0.25, 0.3) is 0 Å². The molecule has 48 valence electrons. The Morgan fingerprint density at radius 1 is 1.22 bits per heavy atom. The van der Waals surface area contributed by atoms with Crippen molar-refractivity contribution in [2.24, 2.45) is 0 Å². The Morgan fingerprint density at radius 2 is 1.78 bits per heavy atom. The molecule has 0 fully saturated rings. The molecule has 2 heteroatoms. The fourth-order valence-corrected chi connectivity index (χ4v) is 0.842. The van der Waals surface area contributed by atoms with Crippen molar-refractivity contribution in [2.45, 2.75) is 0 Å². The molecule has 0 aliphatic heterocycles. The van der Waals surface area contributed by atoms with Crippen molar-refractivity contribution in [3.05, 3.63) is 24.3 Å². The largest absolute Gasteiger partial charge is 0.388 e. The van der Waals surface area contributed by atoms with Crippen LogP contribution in [0.1, 0.15) is 0 Å². The average Bonchev–Trinajstić information content (AvgIpc) is 1.90. The van der Waals surface area contributed by atoms with Gasteiger partial charge in [-0.3, -0.25) is 0 Å². The standard InChI is InChI=1S/C7H10NP/c1-8-6-2-4-7(9)5-3-6/h2-5,8H,9H2,1H3. The summed E-state index contributed by atoms with van der Waals surface area (Å²) >= 11 is 0. The zero-order valence-corrected chi connectivity index (χ0v) is 6.54. The Morgan fingerprint density at radius 3 is 2.22 bits per heavy atom. The number of anilines is 1. The summed E-state index contributed by atoms with van der Waals surface area (Å²) in [6.07, 6.45) is 0. The van der Waals surface area contributed by atoms with Gasteiger partial charge in [-0.1, -0.05) is 12.1 Å². The lowest BCUT2D eigenvalue weighted by molar-refractivity contribution is 1.53. The highest BCUT2D eigenvalue weighted by Gasteiger charge is 1.83. The Labute approximate surface area is 57.7 Å². The lowest BCUT2D eigenvalue weighted by Crippen LogP contribution is -1.91. The minimum Gasteiger partial charge on any atom is -0.388 e. The van der Waals surface area contributed by atoms with Crippen LogP contribution in [0.3, 0.4) is 0 Å². The summed E-state index contributed by atoms with van der Waals surface area (Å²) in [6.45, 7) is 0. The van der Waals surface area contributed by atoms with E-state index in [9.17, 15) is 0 Å². The van der Waals surface area contributed by atoms with E-state index in [4.69, 9.17) is 0 Å². The molecule has 1 atom stereocenters. The highest BCUT2D eigenvalue weighted by Crippen LogP contribution is 2.02. The van der Waals surface area contributed by atoms with Crippen molar-refractivity contribution in [3.8, 4) is 0 Å². The zero-order chi connectivity index (χ0) is 6.69. The monoisotopic (exact) mass is 139 g/mol. The van der Waals surface area contributed by atoms with Gasteiger partial charge in [0.2, 0.25) is 0 Å². The topological polar surface area (TPSA) is 12.0 Å². The van der Waals surface area contributed by atoms with E-state index in [2.05, 4.69) is 26.7 Å². The second kappa shape index (κ2) is 2.84.